The molecular formula is C41H69NaO12. The Bertz CT molecular complexity index is 1340. The largest absolute Gasteiger partial charge is 1.00 e. The molecule has 13 heteroatoms. The summed E-state index contributed by atoms with van der Waals surface area (Å²) < 4.78 is 46.3. The topological polar surface area (TPSA) is 165 Å². The molecule has 12 nitrogen and oxygen atoms in total. The number of ether oxygens (including phenoxy) is 7. The second kappa shape index (κ2) is 15.9. The molecule has 0 bridgehead atoms. The maximum Gasteiger partial charge on any atom is 1.00 e. The molecule has 1 spiro atoms. The monoisotopic (exact) mass is 776 g/mol. The van der Waals surface area contributed by atoms with Crippen LogP contribution in [0.1, 0.15) is 121 Å². The fourth-order valence-corrected chi connectivity index (χ4v) is 11.5. The molecule has 6 aliphatic heterocycles. The van der Waals surface area contributed by atoms with Crippen molar-refractivity contribution >= 4 is 5.97 Å². The van der Waals surface area contributed by atoms with E-state index in [9.17, 15) is 25.2 Å². The minimum absolute atomic E-state index is 0. The van der Waals surface area contributed by atoms with Crippen LogP contribution in [0.2, 0.25) is 0 Å². The molecule has 6 heterocycles. The van der Waals surface area contributed by atoms with Crippen LogP contribution in [-0.4, -0.2) is 106 Å². The van der Waals surface area contributed by atoms with Crippen LogP contribution in [0.5, 0.6) is 0 Å². The number of aliphatic carboxylic acids is 1. The first-order valence-electron chi connectivity index (χ1n) is 20.4. The Morgan fingerprint density at radius 1 is 0.852 bits per heavy atom. The molecule has 6 aliphatic rings. The number of carbonyl (C=O) groups excluding carboxylic acids is 1. The predicted molar refractivity (Wildman–Crippen MR) is 192 cm³/mol. The van der Waals surface area contributed by atoms with Gasteiger partial charge in [0, 0.05) is 55.5 Å². The van der Waals surface area contributed by atoms with Gasteiger partial charge in [-0.3, -0.25) is 0 Å². The second-order valence-corrected chi connectivity index (χ2v) is 19.1. The fraction of sp³-hybridized carbons (Fsp3) is 0.976. The molecule has 0 amide bonds. The smallest absolute Gasteiger partial charge is 0.550 e. The van der Waals surface area contributed by atoms with Gasteiger partial charge in [-0.05, 0) is 64.7 Å². The van der Waals surface area contributed by atoms with Crippen molar-refractivity contribution in [3.8, 4) is 0 Å². The third-order valence-electron chi connectivity index (χ3n) is 15.2. The molecule has 54 heavy (non-hydrogen) atoms. The van der Waals surface area contributed by atoms with Gasteiger partial charge in [0.15, 0.2) is 17.4 Å². The average Bonchev–Trinajstić information content (AvgIpc) is 3.78. The van der Waals surface area contributed by atoms with Crippen molar-refractivity contribution in [2.24, 2.45) is 47.3 Å². The van der Waals surface area contributed by atoms with E-state index in [1.807, 2.05) is 27.7 Å². The molecule has 306 valence electrons. The summed E-state index contributed by atoms with van der Waals surface area (Å²) >= 11 is 0. The zero-order valence-electron chi connectivity index (χ0n) is 35.2. The van der Waals surface area contributed by atoms with Crippen LogP contribution in [0.3, 0.4) is 0 Å². The molecule has 0 aromatic rings. The Hall–Kier alpha value is 0.0700. The molecule has 21 atom stereocenters. The first kappa shape index (κ1) is 45.2. The predicted octanol–water partition coefficient (Wildman–Crippen LogP) is 0.939. The molecule has 3 N–H and O–H groups in total. The molecular weight excluding hydrogens is 707 g/mol. The summed E-state index contributed by atoms with van der Waals surface area (Å²) in [5.74, 6) is -7.89. The van der Waals surface area contributed by atoms with Gasteiger partial charge in [0.25, 0.3) is 0 Å². The molecule has 6 fully saturated rings. The molecule has 0 radical (unpaired) electrons. The first-order valence-corrected chi connectivity index (χ1v) is 20.4. The van der Waals surface area contributed by atoms with E-state index >= 15 is 0 Å². The minimum atomic E-state index is -2.02. The van der Waals surface area contributed by atoms with E-state index in [0.717, 1.165) is 25.7 Å². The van der Waals surface area contributed by atoms with E-state index in [4.69, 9.17) is 33.2 Å². The molecule has 0 aromatic carbocycles. The van der Waals surface area contributed by atoms with Crippen LogP contribution >= 0.6 is 0 Å². The maximum absolute atomic E-state index is 12.0. The third-order valence-corrected chi connectivity index (χ3v) is 15.2. The molecule has 0 saturated carbocycles. The van der Waals surface area contributed by atoms with Crippen LogP contribution in [-0.2, 0) is 38.0 Å². The number of methoxy groups -OCH3 is 1. The van der Waals surface area contributed by atoms with Crippen LogP contribution in [0.15, 0.2) is 0 Å². The third kappa shape index (κ3) is 7.79. The van der Waals surface area contributed by atoms with Gasteiger partial charge < -0.3 is 58.4 Å². The Kier molecular flexibility index (Phi) is 13.3. The number of carbonyl (C=O) groups is 1. The van der Waals surface area contributed by atoms with Crippen molar-refractivity contribution in [2.45, 2.75) is 199 Å². The number of carboxylic acid groups (broad SMARTS) is 1. The maximum atomic E-state index is 12.0. The summed E-state index contributed by atoms with van der Waals surface area (Å²) in [6.07, 6.45) is 1.87. The second-order valence-electron chi connectivity index (χ2n) is 19.1. The van der Waals surface area contributed by atoms with Crippen molar-refractivity contribution in [3.05, 3.63) is 0 Å². The summed E-state index contributed by atoms with van der Waals surface area (Å²) in [6.45, 7) is 21.5. The Morgan fingerprint density at radius 2 is 1.50 bits per heavy atom. The number of aliphatic hydroxyl groups is 3. The van der Waals surface area contributed by atoms with Crippen LogP contribution in [0.25, 0.3) is 0 Å². The number of hydrogen-bond acceptors (Lipinski definition) is 12. The Labute approximate surface area is 345 Å². The van der Waals surface area contributed by atoms with Gasteiger partial charge in [-0.15, -0.1) is 0 Å². The molecule has 6 rings (SSSR count). The van der Waals surface area contributed by atoms with Gasteiger partial charge >= 0.3 is 29.6 Å². The molecule has 6 saturated heterocycles. The number of hydrogen-bond donors (Lipinski definition) is 3. The number of rotatable bonds is 8. The van der Waals surface area contributed by atoms with Gasteiger partial charge in [-0.25, -0.2) is 0 Å². The van der Waals surface area contributed by atoms with Crippen molar-refractivity contribution in [2.75, 3.05) is 7.11 Å². The van der Waals surface area contributed by atoms with Crippen LogP contribution in [0.4, 0.5) is 0 Å². The SMILES string of the molecule is CO[C@H]1[C@@H](C)[C@@H]([C@H](C)[C@H]2O[C@@]3(CC[C@@](C)([C@H]4CC[C@@](C)([C@@H]5O[C@@H]([C@H]6O[C@](C)(O)[C@H](C)C[C@@H]6C)C[C@@H]5C)O4)O3)C[C@H](O)[C@H]2C)O[C@@](O)([C@H](C)C(=O)[O-])[C@@H]1C.[Na+]. The van der Waals surface area contributed by atoms with Gasteiger partial charge in [-0.1, -0.05) is 55.4 Å². The molecule has 0 aromatic heterocycles. The van der Waals surface area contributed by atoms with E-state index in [-0.39, 0.29) is 89.5 Å². The van der Waals surface area contributed by atoms with Gasteiger partial charge in [0.1, 0.15) is 0 Å². The van der Waals surface area contributed by atoms with Crippen molar-refractivity contribution in [1.82, 2.24) is 0 Å². The summed E-state index contributed by atoms with van der Waals surface area (Å²) in [7, 11) is 1.56. The Morgan fingerprint density at radius 3 is 2.13 bits per heavy atom. The van der Waals surface area contributed by atoms with E-state index in [0.29, 0.717) is 19.3 Å². The van der Waals surface area contributed by atoms with Crippen molar-refractivity contribution < 1.29 is 87.9 Å². The number of carboxylic acids is 1. The average molecular weight is 777 g/mol. The standard InChI is InChI=1S/C41H70O12.Na/c1-20-17-22(3)39(11,45)50-31(20)29-18-21(2)35(48-29)38(10)14-13-30(49-38)37(9)15-16-40(53-37)19-28(42)23(4)32(51-40)24(5)33-25(6)34(47-12)26(7)41(46,52-33)27(8)36(43)44;/h20-35,42,45-46H,13-19H2,1-12H3,(H,43,44);/q;+1/p-1/t20-,21-,22+,23+,24+,25-,26+,27+,28-,29+,30+,31-,32-,33+,34-,35+,37-,38-,39-,40+,41+;/m0./s1. The van der Waals surface area contributed by atoms with E-state index in [2.05, 4.69) is 27.7 Å². The van der Waals surface area contributed by atoms with Crippen LogP contribution < -0.4 is 34.7 Å². The van der Waals surface area contributed by atoms with Crippen molar-refractivity contribution in [1.29, 1.82) is 0 Å². The summed E-state index contributed by atoms with van der Waals surface area (Å²) in [4.78, 5) is 12.0. The summed E-state index contributed by atoms with van der Waals surface area (Å²) in [5.41, 5.74) is -1.20. The summed E-state index contributed by atoms with van der Waals surface area (Å²) in [6, 6.07) is 0. The normalized spacial score (nSPS) is 55.0. The Balaban J connectivity index is 0.00000561. The van der Waals surface area contributed by atoms with Crippen LogP contribution in [0, 0.1) is 47.3 Å². The fourth-order valence-electron chi connectivity index (χ4n) is 11.5. The quantitative estimate of drug-likeness (QED) is 0.300. The van der Waals surface area contributed by atoms with Crippen molar-refractivity contribution in [3.63, 3.8) is 0 Å². The van der Waals surface area contributed by atoms with Gasteiger partial charge in [-0.2, -0.15) is 0 Å². The van der Waals surface area contributed by atoms with E-state index in [1.54, 1.807) is 21.0 Å². The van der Waals surface area contributed by atoms with Gasteiger partial charge in [0.05, 0.1) is 66.0 Å². The van der Waals surface area contributed by atoms with E-state index in [1.165, 1.54) is 6.92 Å². The minimum Gasteiger partial charge on any atom is -0.550 e. The zero-order valence-corrected chi connectivity index (χ0v) is 37.2. The number of aliphatic hydroxyl groups excluding tert-OH is 1. The summed E-state index contributed by atoms with van der Waals surface area (Å²) in [5, 5.41) is 46.2. The molecule has 0 aliphatic carbocycles. The van der Waals surface area contributed by atoms with Gasteiger partial charge in [0.2, 0.25) is 0 Å². The first-order chi connectivity index (χ1) is 24.5. The molecule has 0 unspecified atom stereocenters. The van der Waals surface area contributed by atoms with E-state index < -0.39 is 70.8 Å². The zero-order chi connectivity index (χ0) is 39.2.